The van der Waals surface area contributed by atoms with Crippen LogP contribution in [0.3, 0.4) is 0 Å². The number of carbonyl (C=O) groups is 3. The lowest BCUT2D eigenvalue weighted by molar-refractivity contribution is -0.128. The number of sulfonamides is 1. The maximum Gasteiger partial charge on any atom is 0.340 e. The van der Waals surface area contributed by atoms with E-state index >= 15 is 0 Å². The van der Waals surface area contributed by atoms with E-state index in [-0.39, 0.29) is 40.5 Å². The number of hydrogen-bond donors (Lipinski definition) is 1. The van der Waals surface area contributed by atoms with Crippen molar-refractivity contribution in [3.05, 3.63) is 47.5 Å². The van der Waals surface area contributed by atoms with Gasteiger partial charge in [-0.05, 0) is 25.5 Å². The molecule has 0 unspecified atom stereocenters. The van der Waals surface area contributed by atoms with Crippen molar-refractivity contribution in [2.75, 3.05) is 26.6 Å². The van der Waals surface area contributed by atoms with Crippen molar-refractivity contribution < 1.29 is 37.0 Å². The number of aryl methyl sites for hydroxylation is 1. The average Bonchev–Trinajstić information content (AvgIpc) is 3.20. The predicted octanol–water partition coefficient (Wildman–Crippen LogP) is 2.12. The summed E-state index contributed by atoms with van der Waals surface area (Å²) in [6.07, 6.45) is -0.116. The highest BCUT2D eigenvalue weighted by Gasteiger charge is 2.44. The highest BCUT2D eigenvalue weighted by atomic mass is 32.2. The summed E-state index contributed by atoms with van der Waals surface area (Å²) >= 11 is 0. The molecule has 1 aliphatic rings. The molecule has 10 nitrogen and oxygen atoms in total. The van der Waals surface area contributed by atoms with Gasteiger partial charge in [0.15, 0.2) is 11.5 Å². The largest absolute Gasteiger partial charge is 0.493 e. The second-order valence-corrected chi connectivity index (χ2v) is 9.11. The Hall–Kier alpha value is -3.60. The quantitative estimate of drug-likeness (QED) is 0.602. The van der Waals surface area contributed by atoms with Crippen LogP contribution < -0.4 is 14.8 Å². The first kappa shape index (κ1) is 24.1. The summed E-state index contributed by atoms with van der Waals surface area (Å²) in [5.41, 5.74) is 0.845. The highest BCUT2D eigenvalue weighted by molar-refractivity contribution is 7.89. The van der Waals surface area contributed by atoms with Gasteiger partial charge in [0.05, 0.1) is 37.5 Å². The summed E-state index contributed by atoms with van der Waals surface area (Å²) in [7, 11) is -0.317. The standard InChI is InChI=1S/C22H24N2O8S/c1-13-5-7-14(8-6-13)33(28,29)24-17(9-10-20(24)25)21(26)23-16-12-19(31-3)18(30-2)11-15(16)22(27)32-4/h5-8,11-12,17H,9-10H2,1-4H3,(H,23,26)/t17-/m0/s1. The highest BCUT2D eigenvalue weighted by Crippen LogP contribution is 2.35. The monoisotopic (exact) mass is 476 g/mol. The molecule has 1 aliphatic heterocycles. The van der Waals surface area contributed by atoms with Crippen LogP contribution in [0.15, 0.2) is 41.3 Å². The third-order valence-corrected chi connectivity index (χ3v) is 7.07. The zero-order valence-corrected chi connectivity index (χ0v) is 19.4. The lowest BCUT2D eigenvalue weighted by atomic mass is 10.1. The lowest BCUT2D eigenvalue weighted by Gasteiger charge is -2.24. The number of rotatable bonds is 7. The molecule has 1 heterocycles. The summed E-state index contributed by atoms with van der Waals surface area (Å²) in [6.45, 7) is 1.80. The van der Waals surface area contributed by atoms with Crippen LogP contribution in [-0.4, -0.2) is 57.9 Å². The second-order valence-electron chi connectivity index (χ2n) is 7.30. The van der Waals surface area contributed by atoms with E-state index in [0.717, 1.165) is 5.56 Å². The van der Waals surface area contributed by atoms with Crippen LogP contribution in [0.2, 0.25) is 0 Å². The minimum atomic E-state index is -4.26. The number of methoxy groups -OCH3 is 3. The van der Waals surface area contributed by atoms with Crippen LogP contribution in [-0.2, 0) is 24.3 Å². The molecule has 1 atom stereocenters. The Morgan fingerprint density at radius 1 is 1.03 bits per heavy atom. The number of nitrogens with one attached hydrogen (secondary N) is 1. The smallest absolute Gasteiger partial charge is 0.340 e. The zero-order valence-electron chi connectivity index (χ0n) is 18.6. The van der Waals surface area contributed by atoms with Crippen molar-refractivity contribution >= 4 is 33.5 Å². The van der Waals surface area contributed by atoms with Crippen LogP contribution in [0.4, 0.5) is 5.69 Å². The topological polar surface area (TPSA) is 128 Å². The molecule has 0 aromatic heterocycles. The molecule has 3 rings (SSSR count). The molecule has 1 N–H and O–H groups in total. The molecule has 0 spiro atoms. The van der Waals surface area contributed by atoms with Crippen LogP contribution in [0.25, 0.3) is 0 Å². The van der Waals surface area contributed by atoms with Crippen LogP contribution in [0.1, 0.15) is 28.8 Å². The predicted molar refractivity (Wildman–Crippen MR) is 118 cm³/mol. The van der Waals surface area contributed by atoms with E-state index in [1.165, 1.54) is 45.6 Å². The molecular formula is C22H24N2O8S. The Bertz CT molecular complexity index is 1190. The molecule has 176 valence electrons. The molecule has 0 radical (unpaired) electrons. The van der Waals surface area contributed by atoms with Crippen molar-refractivity contribution in [1.29, 1.82) is 0 Å². The van der Waals surface area contributed by atoms with Gasteiger partial charge in [0.2, 0.25) is 11.8 Å². The van der Waals surface area contributed by atoms with Gasteiger partial charge < -0.3 is 19.5 Å². The summed E-state index contributed by atoms with van der Waals surface area (Å²) in [6, 6.07) is 7.38. The van der Waals surface area contributed by atoms with Crippen molar-refractivity contribution in [3.8, 4) is 11.5 Å². The second kappa shape index (κ2) is 9.49. The van der Waals surface area contributed by atoms with Crippen LogP contribution in [0, 0.1) is 6.92 Å². The van der Waals surface area contributed by atoms with Crippen molar-refractivity contribution in [2.45, 2.75) is 30.7 Å². The number of hydrogen-bond acceptors (Lipinski definition) is 8. The lowest BCUT2D eigenvalue weighted by Crippen LogP contribution is -2.45. The molecule has 1 fully saturated rings. The first-order chi connectivity index (χ1) is 15.6. The van der Waals surface area contributed by atoms with E-state index in [9.17, 15) is 22.8 Å². The van der Waals surface area contributed by atoms with E-state index in [2.05, 4.69) is 5.32 Å². The molecule has 1 saturated heterocycles. The Balaban J connectivity index is 1.97. The van der Waals surface area contributed by atoms with Crippen molar-refractivity contribution in [2.24, 2.45) is 0 Å². The molecule has 33 heavy (non-hydrogen) atoms. The number of anilines is 1. The normalized spacial score (nSPS) is 15.8. The molecule has 0 saturated carbocycles. The van der Waals surface area contributed by atoms with E-state index < -0.39 is 33.8 Å². The average molecular weight is 477 g/mol. The summed E-state index contributed by atoms with van der Waals surface area (Å²) in [5, 5.41) is 2.54. The summed E-state index contributed by atoms with van der Waals surface area (Å²) < 4.78 is 42.1. The molecule has 11 heteroatoms. The Morgan fingerprint density at radius 2 is 1.64 bits per heavy atom. The van der Waals surface area contributed by atoms with Gasteiger partial charge in [-0.2, -0.15) is 0 Å². The third-order valence-electron chi connectivity index (χ3n) is 5.23. The van der Waals surface area contributed by atoms with E-state index in [0.29, 0.717) is 4.31 Å². The zero-order chi connectivity index (χ0) is 24.3. The molecule has 0 aliphatic carbocycles. The van der Waals surface area contributed by atoms with Gasteiger partial charge in [-0.25, -0.2) is 17.5 Å². The van der Waals surface area contributed by atoms with E-state index in [1.807, 2.05) is 0 Å². The van der Waals surface area contributed by atoms with Gasteiger partial charge in [-0.1, -0.05) is 17.7 Å². The molecular weight excluding hydrogens is 452 g/mol. The van der Waals surface area contributed by atoms with E-state index in [1.54, 1.807) is 19.1 Å². The van der Waals surface area contributed by atoms with Crippen molar-refractivity contribution in [3.63, 3.8) is 0 Å². The third kappa shape index (κ3) is 4.63. The van der Waals surface area contributed by atoms with Gasteiger partial charge in [-0.3, -0.25) is 9.59 Å². The van der Waals surface area contributed by atoms with Crippen molar-refractivity contribution in [1.82, 2.24) is 4.31 Å². The SMILES string of the molecule is COC(=O)c1cc(OC)c(OC)cc1NC(=O)[C@@H]1CCC(=O)N1S(=O)(=O)c1ccc(C)cc1. The first-order valence-corrected chi connectivity index (χ1v) is 11.4. The first-order valence-electron chi connectivity index (χ1n) is 9.93. The van der Waals surface area contributed by atoms with Gasteiger partial charge in [0.1, 0.15) is 6.04 Å². The fourth-order valence-electron chi connectivity index (χ4n) is 3.50. The molecule has 2 aromatic carbocycles. The summed E-state index contributed by atoms with van der Waals surface area (Å²) in [5.74, 6) is -1.74. The minimum absolute atomic E-state index is 0.00337. The van der Waals surface area contributed by atoms with Gasteiger partial charge >= 0.3 is 5.97 Å². The Labute approximate surface area is 191 Å². The summed E-state index contributed by atoms with van der Waals surface area (Å²) in [4.78, 5) is 37.8. The number of ether oxygens (including phenoxy) is 3. The Kier molecular flexibility index (Phi) is 6.92. The van der Waals surface area contributed by atoms with Gasteiger partial charge in [-0.15, -0.1) is 0 Å². The molecule has 0 bridgehead atoms. The maximum atomic E-state index is 13.1. The van der Waals surface area contributed by atoms with Crippen LogP contribution >= 0.6 is 0 Å². The van der Waals surface area contributed by atoms with Gasteiger partial charge in [0, 0.05) is 18.6 Å². The molecule has 2 amide bonds. The van der Waals surface area contributed by atoms with Gasteiger partial charge in [0.25, 0.3) is 10.0 Å². The number of amides is 2. The fourth-order valence-corrected chi connectivity index (χ4v) is 5.10. The van der Waals surface area contributed by atoms with E-state index in [4.69, 9.17) is 14.2 Å². The maximum absolute atomic E-state index is 13.1. The number of esters is 1. The Morgan fingerprint density at radius 3 is 2.21 bits per heavy atom. The number of nitrogens with zero attached hydrogens (tertiary/aromatic N) is 1. The van der Waals surface area contributed by atoms with Crippen LogP contribution in [0.5, 0.6) is 11.5 Å². The number of carbonyl (C=O) groups excluding carboxylic acids is 3. The molecule has 2 aromatic rings. The minimum Gasteiger partial charge on any atom is -0.493 e. The number of benzene rings is 2. The fraction of sp³-hybridized carbons (Fsp3) is 0.318.